The smallest absolute Gasteiger partial charge is 0.406 e. The Labute approximate surface area is 148 Å². The highest BCUT2D eigenvalue weighted by molar-refractivity contribution is 8.00. The summed E-state index contributed by atoms with van der Waals surface area (Å²) >= 11 is -0.414. The number of thioether (sulfide) groups is 1. The molecule has 0 bridgehead atoms. The number of benzene rings is 2. The van der Waals surface area contributed by atoms with Crippen LogP contribution >= 0.6 is 11.8 Å². The zero-order chi connectivity index (χ0) is 19.6. The van der Waals surface area contributed by atoms with Crippen molar-refractivity contribution in [3.8, 4) is 5.75 Å². The molecule has 2 aromatic rings. The van der Waals surface area contributed by atoms with Crippen LogP contribution in [0.4, 0.5) is 32.0 Å². The second kappa shape index (κ2) is 7.27. The molecule has 0 aliphatic carbocycles. The maximum absolute atomic E-state index is 12.4. The third-order valence-corrected chi connectivity index (χ3v) is 4.81. The van der Waals surface area contributed by atoms with Crippen molar-refractivity contribution in [2.45, 2.75) is 21.7 Å². The fourth-order valence-electron chi connectivity index (χ4n) is 1.79. The lowest BCUT2D eigenvalue weighted by atomic mass is 10.3. The van der Waals surface area contributed by atoms with Gasteiger partial charge in [0.2, 0.25) is 0 Å². The van der Waals surface area contributed by atoms with Crippen molar-refractivity contribution in [1.29, 1.82) is 0 Å². The van der Waals surface area contributed by atoms with Crippen LogP contribution in [0, 0.1) is 0 Å². The van der Waals surface area contributed by atoms with Gasteiger partial charge in [0.25, 0.3) is 10.0 Å². The monoisotopic (exact) mass is 417 g/mol. The van der Waals surface area contributed by atoms with Crippen LogP contribution < -0.4 is 9.46 Å². The highest BCUT2D eigenvalue weighted by atomic mass is 32.2. The number of anilines is 1. The van der Waals surface area contributed by atoms with E-state index in [9.17, 15) is 34.8 Å². The molecule has 12 heteroatoms. The number of halogens is 6. The first-order chi connectivity index (χ1) is 11.8. The summed E-state index contributed by atoms with van der Waals surface area (Å²) in [6, 6.07) is 7.95. The van der Waals surface area contributed by atoms with Crippen LogP contribution in [-0.2, 0) is 10.0 Å². The normalized spacial score (nSPS) is 12.7. The van der Waals surface area contributed by atoms with E-state index >= 15 is 0 Å². The maximum Gasteiger partial charge on any atom is 0.573 e. The Morgan fingerprint density at radius 1 is 0.923 bits per heavy atom. The van der Waals surface area contributed by atoms with Crippen molar-refractivity contribution >= 4 is 27.5 Å². The molecule has 26 heavy (non-hydrogen) atoms. The number of hydrogen-bond donors (Lipinski definition) is 1. The van der Waals surface area contributed by atoms with Gasteiger partial charge in [-0.05, 0) is 54.2 Å². The number of rotatable bonds is 5. The fraction of sp³-hybridized carbons (Fsp3) is 0.143. The first-order valence-corrected chi connectivity index (χ1v) is 8.88. The number of nitrogens with one attached hydrogen (secondary N) is 1. The summed E-state index contributed by atoms with van der Waals surface area (Å²) in [4.78, 5) is -0.618. The van der Waals surface area contributed by atoms with Gasteiger partial charge in [0, 0.05) is 10.6 Å². The molecule has 0 spiro atoms. The van der Waals surface area contributed by atoms with E-state index in [1.807, 2.05) is 0 Å². The molecule has 142 valence electrons. The number of ether oxygens (including phenoxy) is 1. The molecule has 0 saturated heterocycles. The molecule has 0 heterocycles. The van der Waals surface area contributed by atoms with E-state index in [4.69, 9.17) is 0 Å². The lowest BCUT2D eigenvalue weighted by Gasteiger charge is -2.12. The minimum Gasteiger partial charge on any atom is -0.406 e. The minimum atomic E-state index is -4.92. The van der Waals surface area contributed by atoms with Crippen LogP contribution in [0.15, 0.2) is 58.3 Å². The summed E-state index contributed by atoms with van der Waals surface area (Å²) in [7, 11) is -4.21. The van der Waals surface area contributed by atoms with Gasteiger partial charge in [-0.15, -0.1) is 13.2 Å². The summed E-state index contributed by atoms with van der Waals surface area (Å²) in [5.74, 6) is -0.611. The van der Waals surface area contributed by atoms with Crippen molar-refractivity contribution in [2.75, 3.05) is 4.72 Å². The lowest BCUT2D eigenvalue weighted by Crippen LogP contribution is -2.17. The van der Waals surface area contributed by atoms with E-state index in [1.165, 1.54) is 12.1 Å². The van der Waals surface area contributed by atoms with Crippen LogP contribution in [0.25, 0.3) is 0 Å². The molecule has 0 radical (unpaired) electrons. The number of sulfonamides is 1. The molecule has 0 amide bonds. The van der Waals surface area contributed by atoms with Crippen LogP contribution in [0.1, 0.15) is 0 Å². The van der Waals surface area contributed by atoms with Crippen molar-refractivity contribution < 1.29 is 39.5 Å². The molecule has 0 aliphatic rings. The Bertz CT molecular complexity index is 863. The lowest BCUT2D eigenvalue weighted by molar-refractivity contribution is -0.274. The molecule has 4 nitrogen and oxygen atoms in total. The quantitative estimate of drug-likeness (QED) is 0.550. The summed E-state index contributed by atoms with van der Waals surface area (Å²) in [5, 5.41) is 0. The van der Waals surface area contributed by atoms with Gasteiger partial charge in [-0.2, -0.15) is 13.2 Å². The maximum atomic E-state index is 12.4. The first-order valence-electron chi connectivity index (χ1n) is 6.58. The molecule has 0 atom stereocenters. The number of hydrogen-bond acceptors (Lipinski definition) is 4. The topological polar surface area (TPSA) is 55.4 Å². The second-order valence-electron chi connectivity index (χ2n) is 4.70. The third kappa shape index (κ3) is 6.33. The predicted molar refractivity (Wildman–Crippen MR) is 82.3 cm³/mol. The van der Waals surface area contributed by atoms with Crippen LogP contribution in [0.3, 0.4) is 0 Å². The molecular formula is C14H9F6NO3S2. The zero-order valence-corrected chi connectivity index (χ0v) is 14.1. The molecule has 0 aliphatic heterocycles. The van der Waals surface area contributed by atoms with Crippen molar-refractivity contribution in [1.82, 2.24) is 0 Å². The van der Waals surface area contributed by atoms with Gasteiger partial charge in [0.05, 0.1) is 4.90 Å². The molecule has 2 rings (SSSR count). The molecule has 0 aromatic heterocycles. The number of alkyl halides is 6. The Kier molecular flexibility index (Phi) is 5.66. The molecule has 2 aromatic carbocycles. The standard InChI is InChI=1S/C14H9F6NO3S2/c15-13(16,17)24-10-4-6-12(7-5-10)26(22,23)21-9-2-1-3-11(8-9)25-14(18,19)20/h1-8,21H. The average molecular weight is 417 g/mol. The second-order valence-corrected chi connectivity index (χ2v) is 7.52. The van der Waals surface area contributed by atoms with Crippen LogP contribution in [0.2, 0.25) is 0 Å². The zero-order valence-electron chi connectivity index (χ0n) is 12.4. The van der Waals surface area contributed by atoms with Crippen LogP contribution in [-0.4, -0.2) is 20.3 Å². The Morgan fingerprint density at radius 2 is 1.54 bits per heavy atom. The van der Waals surface area contributed by atoms with Gasteiger partial charge in [-0.1, -0.05) is 6.07 Å². The van der Waals surface area contributed by atoms with Crippen LogP contribution in [0.5, 0.6) is 5.75 Å². The molecule has 0 saturated carbocycles. The molecule has 1 N–H and O–H groups in total. The van der Waals surface area contributed by atoms with E-state index in [-0.39, 0.29) is 15.5 Å². The molecular weight excluding hydrogens is 408 g/mol. The van der Waals surface area contributed by atoms with Crippen molar-refractivity contribution in [3.05, 3.63) is 48.5 Å². The highest BCUT2D eigenvalue weighted by Crippen LogP contribution is 2.37. The minimum absolute atomic E-state index is 0.130. The fourth-order valence-corrected chi connectivity index (χ4v) is 3.44. The SMILES string of the molecule is O=S(=O)(Nc1cccc(SC(F)(F)F)c1)c1ccc(OC(F)(F)F)cc1. The molecule has 0 fully saturated rings. The summed E-state index contributed by atoms with van der Waals surface area (Å²) in [6.45, 7) is 0. The van der Waals surface area contributed by atoms with E-state index in [2.05, 4.69) is 9.46 Å². The van der Waals surface area contributed by atoms with E-state index in [0.717, 1.165) is 36.4 Å². The molecule has 0 unspecified atom stereocenters. The third-order valence-electron chi connectivity index (χ3n) is 2.69. The van der Waals surface area contributed by atoms with Gasteiger partial charge in [0.15, 0.2) is 0 Å². The van der Waals surface area contributed by atoms with Gasteiger partial charge in [0.1, 0.15) is 5.75 Å². The van der Waals surface area contributed by atoms with Gasteiger partial charge in [-0.3, -0.25) is 4.72 Å². The Balaban J connectivity index is 2.17. The predicted octanol–water partition coefficient (Wildman–Crippen LogP) is 5.00. The Hall–Kier alpha value is -2.08. The average Bonchev–Trinajstić information content (AvgIpc) is 2.44. The van der Waals surface area contributed by atoms with E-state index in [0.29, 0.717) is 0 Å². The van der Waals surface area contributed by atoms with Crippen molar-refractivity contribution in [3.63, 3.8) is 0 Å². The Morgan fingerprint density at radius 3 is 2.08 bits per heavy atom. The van der Waals surface area contributed by atoms with E-state index < -0.39 is 39.4 Å². The van der Waals surface area contributed by atoms with Gasteiger partial charge < -0.3 is 4.74 Å². The first kappa shape index (κ1) is 20.2. The van der Waals surface area contributed by atoms with Crippen molar-refractivity contribution in [2.24, 2.45) is 0 Å². The van der Waals surface area contributed by atoms with E-state index in [1.54, 1.807) is 0 Å². The largest absolute Gasteiger partial charge is 0.573 e. The van der Waals surface area contributed by atoms with Gasteiger partial charge in [-0.25, -0.2) is 8.42 Å². The summed E-state index contributed by atoms with van der Waals surface area (Å²) in [6.07, 6.45) is -4.92. The summed E-state index contributed by atoms with van der Waals surface area (Å²) in [5.41, 5.74) is -4.67. The summed E-state index contributed by atoms with van der Waals surface area (Å²) < 4.78 is 103. The highest BCUT2D eigenvalue weighted by Gasteiger charge is 2.31. The van der Waals surface area contributed by atoms with Gasteiger partial charge >= 0.3 is 11.9 Å².